The molecule has 0 spiro atoms. The van der Waals surface area contributed by atoms with Gasteiger partial charge in [-0.25, -0.2) is 18.7 Å². The Kier molecular flexibility index (Phi) is 4.66. The van der Waals surface area contributed by atoms with Gasteiger partial charge >= 0.3 is 0 Å². The van der Waals surface area contributed by atoms with E-state index in [-0.39, 0.29) is 11.3 Å². The fourth-order valence-corrected chi connectivity index (χ4v) is 3.59. The van der Waals surface area contributed by atoms with Crippen LogP contribution in [0.5, 0.6) is 0 Å². The molecule has 1 N–H and O–H groups in total. The zero-order valence-electron chi connectivity index (χ0n) is 13.8. The van der Waals surface area contributed by atoms with E-state index in [1.54, 1.807) is 11.6 Å². The number of aromatic nitrogens is 2. The van der Waals surface area contributed by atoms with Crippen molar-refractivity contribution < 1.29 is 13.6 Å². The molecule has 8 heteroatoms. The molecule has 25 heavy (non-hydrogen) atoms. The summed E-state index contributed by atoms with van der Waals surface area (Å²) in [5.74, 6) is -2.14. The van der Waals surface area contributed by atoms with Crippen LogP contribution in [0.15, 0.2) is 29.8 Å². The second-order valence-corrected chi connectivity index (χ2v) is 8.29. The molecule has 0 bridgehead atoms. The standard InChI is InChI=1S/C17H15F2N3OS2/c1-17(2,3)15-20-7-13(25-15)14(23)22-16-21-12(8-24-16)9-4-5-10(18)11(19)6-9/h4-8H,1-3H3,(H,21,22,23). The van der Waals surface area contributed by atoms with Gasteiger partial charge in [0.05, 0.1) is 16.9 Å². The second kappa shape index (κ2) is 6.61. The molecule has 0 aliphatic rings. The van der Waals surface area contributed by atoms with Gasteiger partial charge in [-0.05, 0) is 18.2 Å². The molecular formula is C17H15F2N3OS2. The van der Waals surface area contributed by atoms with E-state index in [9.17, 15) is 13.6 Å². The molecule has 4 nitrogen and oxygen atoms in total. The Labute approximate surface area is 151 Å². The fraction of sp³-hybridized carbons (Fsp3) is 0.235. The number of nitrogens with zero attached hydrogens (tertiary/aromatic N) is 2. The third-order valence-corrected chi connectivity index (χ3v) is 5.49. The molecule has 130 valence electrons. The first-order chi connectivity index (χ1) is 11.7. The Balaban J connectivity index is 1.75. The van der Waals surface area contributed by atoms with Crippen LogP contribution in [0.4, 0.5) is 13.9 Å². The van der Waals surface area contributed by atoms with Crippen molar-refractivity contribution in [2.75, 3.05) is 5.32 Å². The van der Waals surface area contributed by atoms with Crippen molar-refractivity contribution >= 4 is 33.7 Å². The zero-order valence-corrected chi connectivity index (χ0v) is 15.4. The van der Waals surface area contributed by atoms with Crippen LogP contribution in [-0.4, -0.2) is 15.9 Å². The maximum atomic E-state index is 13.3. The minimum atomic E-state index is -0.935. The molecule has 0 radical (unpaired) electrons. The lowest BCUT2D eigenvalue weighted by atomic mass is 9.98. The molecule has 0 fully saturated rings. The number of hydrogen-bond acceptors (Lipinski definition) is 5. The lowest BCUT2D eigenvalue weighted by molar-refractivity contribution is 0.103. The Morgan fingerprint density at radius 3 is 2.60 bits per heavy atom. The number of nitrogens with one attached hydrogen (secondary N) is 1. The van der Waals surface area contributed by atoms with E-state index < -0.39 is 11.6 Å². The number of amides is 1. The molecule has 2 heterocycles. The molecule has 3 aromatic rings. The van der Waals surface area contributed by atoms with Crippen molar-refractivity contribution in [3.8, 4) is 11.3 Å². The van der Waals surface area contributed by atoms with E-state index in [2.05, 4.69) is 15.3 Å². The lowest BCUT2D eigenvalue weighted by Crippen LogP contribution is -2.10. The highest BCUT2D eigenvalue weighted by Crippen LogP contribution is 2.29. The smallest absolute Gasteiger partial charge is 0.269 e. The van der Waals surface area contributed by atoms with Gasteiger partial charge in [-0.15, -0.1) is 22.7 Å². The average molecular weight is 379 g/mol. The van der Waals surface area contributed by atoms with Gasteiger partial charge in [-0.1, -0.05) is 20.8 Å². The number of thiazole rings is 2. The normalized spacial score (nSPS) is 11.6. The molecule has 0 aliphatic carbocycles. The van der Waals surface area contributed by atoms with Crippen molar-refractivity contribution in [1.29, 1.82) is 0 Å². The van der Waals surface area contributed by atoms with E-state index in [0.717, 1.165) is 17.1 Å². The summed E-state index contributed by atoms with van der Waals surface area (Å²) in [6, 6.07) is 3.57. The summed E-state index contributed by atoms with van der Waals surface area (Å²) in [7, 11) is 0. The van der Waals surface area contributed by atoms with Gasteiger partial charge in [0.1, 0.15) is 4.88 Å². The SMILES string of the molecule is CC(C)(C)c1ncc(C(=O)Nc2nc(-c3ccc(F)c(F)c3)cs2)s1. The van der Waals surface area contributed by atoms with Gasteiger partial charge < -0.3 is 0 Å². The first-order valence-corrected chi connectivity index (χ1v) is 9.12. The van der Waals surface area contributed by atoms with Crippen LogP contribution in [0.3, 0.4) is 0 Å². The topological polar surface area (TPSA) is 54.9 Å². The van der Waals surface area contributed by atoms with Gasteiger partial charge in [0.2, 0.25) is 0 Å². The minimum Gasteiger partial charge on any atom is -0.297 e. The number of halogens is 2. The van der Waals surface area contributed by atoms with Crippen LogP contribution in [0.25, 0.3) is 11.3 Å². The maximum absolute atomic E-state index is 13.3. The van der Waals surface area contributed by atoms with Crippen molar-refractivity contribution in [3.63, 3.8) is 0 Å². The summed E-state index contributed by atoms with van der Waals surface area (Å²) in [5.41, 5.74) is 0.798. The molecule has 0 atom stereocenters. The number of carbonyl (C=O) groups excluding carboxylic acids is 1. The van der Waals surface area contributed by atoms with Crippen molar-refractivity contribution in [2.45, 2.75) is 26.2 Å². The first-order valence-electron chi connectivity index (χ1n) is 7.42. The fourth-order valence-electron chi connectivity index (χ4n) is 2.00. The van der Waals surface area contributed by atoms with Gasteiger partial charge in [-0.3, -0.25) is 10.1 Å². The summed E-state index contributed by atoms with van der Waals surface area (Å²) in [6.45, 7) is 6.09. The lowest BCUT2D eigenvalue weighted by Gasteiger charge is -2.13. The Bertz CT molecular complexity index is 928. The van der Waals surface area contributed by atoms with Crippen LogP contribution in [0.1, 0.15) is 35.5 Å². The predicted octanol–water partition coefficient (Wildman–Crippen LogP) is 5.09. The second-order valence-electron chi connectivity index (χ2n) is 6.40. The number of hydrogen-bond donors (Lipinski definition) is 1. The Morgan fingerprint density at radius 1 is 1.20 bits per heavy atom. The molecule has 3 rings (SSSR count). The van der Waals surface area contributed by atoms with E-state index in [0.29, 0.717) is 21.3 Å². The number of anilines is 1. The van der Waals surface area contributed by atoms with Crippen molar-refractivity contribution in [2.24, 2.45) is 0 Å². The Morgan fingerprint density at radius 2 is 1.96 bits per heavy atom. The summed E-state index contributed by atoms with van der Waals surface area (Å²) in [5, 5.41) is 5.65. The summed E-state index contributed by atoms with van der Waals surface area (Å²) >= 11 is 2.55. The molecule has 0 saturated carbocycles. The van der Waals surface area contributed by atoms with Crippen molar-refractivity contribution in [1.82, 2.24) is 9.97 Å². The monoisotopic (exact) mass is 379 g/mol. The highest BCUT2D eigenvalue weighted by Gasteiger charge is 2.21. The molecule has 2 aromatic heterocycles. The number of rotatable bonds is 3. The molecule has 0 unspecified atom stereocenters. The highest BCUT2D eigenvalue weighted by molar-refractivity contribution is 7.15. The quantitative estimate of drug-likeness (QED) is 0.689. The van der Waals surface area contributed by atoms with Gasteiger partial charge in [0, 0.05) is 16.4 Å². The van der Waals surface area contributed by atoms with Crippen LogP contribution in [0, 0.1) is 11.6 Å². The van der Waals surface area contributed by atoms with Crippen LogP contribution < -0.4 is 5.32 Å². The van der Waals surface area contributed by atoms with E-state index in [4.69, 9.17) is 0 Å². The maximum Gasteiger partial charge on any atom is 0.269 e. The molecule has 1 amide bonds. The van der Waals surface area contributed by atoms with Crippen LogP contribution in [0.2, 0.25) is 0 Å². The van der Waals surface area contributed by atoms with E-state index >= 15 is 0 Å². The van der Waals surface area contributed by atoms with Gasteiger partial charge in [0.25, 0.3) is 5.91 Å². The third kappa shape index (κ3) is 3.91. The summed E-state index contributed by atoms with van der Waals surface area (Å²) in [6.07, 6.45) is 1.55. The molecule has 1 aromatic carbocycles. The first kappa shape index (κ1) is 17.6. The molecule has 0 saturated heterocycles. The van der Waals surface area contributed by atoms with Crippen LogP contribution in [-0.2, 0) is 5.41 Å². The number of benzene rings is 1. The average Bonchev–Trinajstić information content (AvgIpc) is 3.18. The minimum absolute atomic E-state index is 0.121. The van der Waals surface area contributed by atoms with Gasteiger partial charge in [-0.2, -0.15) is 0 Å². The molecular weight excluding hydrogens is 364 g/mol. The van der Waals surface area contributed by atoms with Crippen molar-refractivity contribution in [3.05, 3.63) is 51.3 Å². The van der Waals surface area contributed by atoms with E-state index in [1.165, 1.54) is 28.7 Å². The Hall–Kier alpha value is -2.19. The van der Waals surface area contributed by atoms with Gasteiger partial charge in [0.15, 0.2) is 16.8 Å². The predicted molar refractivity (Wildman–Crippen MR) is 96.2 cm³/mol. The third-order valence-electron chi connectivity index (χ3n) is 3.31. The molecule has 0 aliphatic heterocycles. The summed E-state index contributed by atoms with van der Waals surface area (Å²) in [4.78, 5) is 21.3. The number of carbonyl (C=O) groups is 1. The van der Waals surface area contributed by atoms with Crippen LogP contribution >= 0.6 is 22.7 Å². The largest absolute Gasteiger partial charge is 0.297 e. The highest BCUT2D eigenvalue weighted by atomic mass is 32.1. The van der Waals surface area contributed by atoms with E-state index in [1.807, 2.05) is 20.8 Å². The zero-order chi connectivity index (χ0) is 18.2. The summed E-state index contributed by atoms with van der Waals surface area (Å²) < 4.78 is 26.3.